The number of carbonyl (C=O) groups excluding carboxylic acids is 2. The van der Waals surface area contributed by atoms with E-state index in [1.807, 2.05) is 0 Å². The zero-order chi connectivity index (χ0) is 30.8. The van der Waals surface area contributed by atoms with Crippen molar-refractivity contribution in [3.63, 3.8) is 0 Å². The third-order valence-electron chi connectivity index (χ3n) is 8.06. The van der Waals surface area contributed by atoms with E-state index in [0.717, 1.165) is 38.5 Å². The molecule has 0 unspecified atom stereocenters. The van der Waals surface area contributed by atoms with Crippen LogP contribution >= 0.6 is 0 Å². The average molecular weight is 595 g/mol. The van der Waals surface area contributed by atoms with Crippen molar-refractivity contribution in [2.75, 3.05) is 13.2 Å². The second-order valence-corrected chi connectivity index (χ2v) is 12.3. The lowest BCUT2D eigenvalue weighted by Crippen LogP contribution is -2.28. The molecule has 0 aliphatic heterocycles. The third kappa shape index (κ3) is 31.6. The zero-order valence-electron chi connectivity index (χ0n) is 28.0. The fourth-order valence-corrected chi connectivity index (χ4v) is 5.25. The van der Waals surface area contributed by atoms with Gasteiger partial charge in [-0.25, -0.2) is 0 Å². The molecular formula is C37H70O5. The van der Waals surface area contributed by atoms with Gasteiger partial charge in [-0.15, -0.1) is 0 Å². The summed E-state index contributed by atoms with van der Waals surface area (Å²) in [5, 5.41) is 9.49. The van der Waals surface area contributed by atoms with Crippen LogP contribution in [0.25, 0.3) is 0 Å². The van der Waals surface area contributed by atoms with Crippen LogP contribution in [-0.4, -0.2) is 36.4 Å². The van der Waals surface area contributed by atoms with Gasteiger partial charge in [0.1, 0.15) is 6.61 Å². The largest absolute Gasteiger partial charge is 0.462 e. The molecular weight excluding hydrogens is 524 g/mol. The van der Waals surface area contributed by atoms with Crippen LogP contribution < -0.4 is 0 Å². The fourth-order valence-electron chi connectivity index (χ4n) is 5.25. The first-order chi connectivity index (χ1) is 20.6. The summed E-state index contributed by atoms with van der Waals surface area (Å²) >= 11 is 0. The van der Waals surface area contributed by atoms with Gasteiger partial charge in [0.15, 0.2) is 6.10 Å². The smallest absolute Gasteiger partial charge is 0.306 e. The lowest BCUT2D eigenvalue weighted by Gasteiger charge is -2.15. The van der Waals surface area contributed by atoms with Crippen LogP contribution in [0.2, 0.25) is 0 Å². The maximum Gasteiger partial charge on any atom is 0.306 e. The zero-order valence-corrected chi connectivity index (χ0v) is 28.0. The predicted octanol–water partition coefficient (Wildman–Crippen LogP) is 11.0. The number of hydrogen-bond donors (Lipinski definition) is 1. The summed E-state index contributed by atoms with van der Waals surface area (Å²) in [6.07, 6.45) is 37.0. The highest BCUT2D eigenvalue weighted by Gasteiger charge is 2.16. The Morgan fingerprint density at radius 2 is 0.881 bits per heavy atom. The highest BCUT2D eigenvalue weighted by atomic mass is 16.6. The molecule has 0 aromatic heterocycles. The fraction of sp³-hybridized carbons (Fsp3) is 0.892. The van der Waals surface area contributed by atoms with Gasteiger partial charge in [0.25, 0.3) is 0 Å². The number of rotatable bonds is 33. The molecule has 248 valence electrons. The van der Waals surface area contributed by atoms with E-state index < -0.39 is 6.10 Å². The van der Waals surface area contributed by atoms with Gasteiger partial charge in [-0.1, -0.05) is 154 Å². The molecule has 1 atom stereocenters. The van der Waals surface area contributed by atoms with Crippen LogP contribution in [0.1, 0.15) is 194 Å². The normalized spacial score (nSPS) is 12.2. The molecule has 0 saturated carbocycles. The molecule has 0 amide bonds. The molecule has 0 rings (SSSR count). The standard InChI is InChI=1S/C37H70O5/c1-3-5-7-9-11-13-14-15-16-17-18-19-20-21-22-24-25-27-29-31-36(39)41-34-35(33-38)42-37(40)32-30-28-26-23-12-10-8-6-4-2/h15-16,35,38H,3-14,17-34H2,1-2H3/b16-15+/t35-/m0/s1. The topological polar surface area (TPSA) is 72.8 Å². The Morgan fingerprint density at radius 3 is 1.29 bits per heavy atom. The molecule has 0 aromatic rings. The van der Waals surface area contributed by atoms with Crippen molar-refractivity contribution >= 4 is 11.9 Å². The van der Waals surface area contributed by atoms with Crippen molar-refractivity contribution < 1.29 is 24.2 Å². The Labute approximate surface area is 261 Å². The SMILES string of the molecule is CCCCCCCC/C=C/CCCCCCCCCCCC(=O)OC[C@H](CO)OC(=O)CCCCCCCCCCC. The van der Waals surface area contributed by atoms with Gasteiger partial charge in [-0.05, 0) is 38.5 Å². The van der Waals surface area contributed by atoms with Gasteiger partial charge in [-0.2, -0.15) is 0 Å². The van der Waals surface area contributed by atoms with E-state index in [-0.39, 0.29) is 25.2 Å². The number of ether oxygens (including phenoxy) is 2. The van der Waals surface area contributed by atoms with E-state index in [2.05, 4.69) is 26.0 Å². The van der Waals surface area contributed by atoms with Crippen molar-refractivity contribution in [2.24, 2.45) is 0 Å². The molecule has 0 radical (unpaired) electrons. The first-order valence-electron chi connectivity index (χ1n) is 18.2. The van der Waals surface area contributed by atoms with Crippen LogP contribution in [-0.2, 0) is 19.1 Å². The van der Waals surface area contributed by atoms with Gasteiger partial charge >= 0.3 is 11.9 Å². The molecule has 5 nitrogen and oxygen atoms in total. The average Bonchev–Trinajstić information content (AvgIpc) is 2.99. The van der Waals surface area contributed by atoms with Gasteiger partial charge in [0, 0.05) is 12.8 Å². The first kappa shape index (κ1) is 40.6. The lowest BCUT2D eigenvalue weighted by molar-refractivity contribution is -0.161. The van der Waals surface area contributed by atoms with Crippen molar-refractivity contribution in [3.05, 3.63) is 12.2 Å². The number of allylic oxidation sites excluding steroid dienone is 2. The van der Waals surface area contributed by atoms with Crippen LogP contribution in [0.5, 0.6) is 0 Å². The lowest BCUT2D eigenvalue weighted by atomic mass is 10.1. The maximum atomic E-state index is 12.0. The summed E-state index contributed by atoms with van der Waals surface area (Å²) in [5.74, 6) is -0.590. The number of aliphatic hydroxyl groups excluding tert-OH is 1. The summed E-state index contributed by atoms with van der Waals surface area (Å²) in [7, 11) is 0. The molecule has 0 fully saturated rings. The van der Waals surface area contributed by atoms with E-state index in [1.165, 1.54) is 128 Å². The summed E-state index contributed by atoms with van der Waals surface area (Å²) < 4.78 is 10.5. The van der Waals surface area contributed by atoms with Crippen LogP contribution in [0.4, 0.5) is 0 Å². The second-order valence-electron chi connectivity index (χ2n) is 12.3. The van der Waals surface area contributed by atoms with E-state index in [4.69, 9.17) is 9.47 Å². The van der Waals surface area contributed by atoms with Gasteiger partial charge in [0.05, 0.1) is 6.61 Å². The third-order valence-corrected chi connectivity index (χ3v) is 8.06. The molecule has 0 aromatic carbocycles. The molecule has 0 bridgehead atoms. The molecule has 0 aliphatic carbocycles. The summed E-state index contributed by atoms with van der Waals surface area (Å²) in [5.41, 5.74) is 0. The van der Waals surface area contributed by atoms with Gasteiger partial charge in [0.2, 0.25) is 0 Å². The number of unbranched alkanes of at least 4 members (excludes halogenated alkanes) is 23. The van der Waals surface area contributed by atoms with Crippen molar-refractivity contribution in [2.45, 2.75) is 200 Å². The quantitative estimate of drug-likeness (QED) is 0.0465. The maximum absolute atomic E-state index is 12.0. The number of esters is 2. The minimum atomic E-state index is -0.763. The molecule has 0 spiro atoms. The van der Waals surface area contributed by atoms with Crippen LogP contribution in [0, 0.1) is 0 Å². The second kappa shape index (κ2) is 34.1. The van der Waals surface area contributed by atoms with Crippen molar-refractivity contribution in [1.29, 1.82) is 0 Å². The van der Waals surface area contributed by atoms with Crippen molar-refractivity contribution in [3.8, 4) is 0 Å². The number of aliphatic hydroxyl groups is 1. The Bertz CT molecular complexity index is 603. The number of carbonyl (C=O) groups is 2. The van der Waals surface area contributed by atoms with E-state index in [1.54, 1.807) is 0 Å². The predicted molar refractivity (Wildman–Crippen MR) is 178 cm³/mol. The molecule has 0 aliphatic rings. The Hall–Kier alpha value is -1.36. The van der Waals surface area contributed by atoms with Crippen molar-refractivity contribution in [1.82, 2.24) is 0 Å². The van der Waals surface area contributed by atoms with E-state index in [0.29, 0.717) is 12.8 Å². The van der Waals surface area contributed by atoms with E-state index in [9.17, 15) is 14.7 Å². The van der Waals surface area contributed by atoms with Crippen LogP contribution in [0.15, 0.2) is 12.2 Å². The van der Waals surface area contributed by atoms with Gasteiger partial charge in [-0.3, -0.25) is 9.59 Å². The Morgan fingerprint density at radius 1 is 0.524 bits per heavy atom. The van der Waals surface area contributed by atoms with E-state index >= 15 is 0 Å². The highest BCUT2D eigenvalue weighted by Crippen LogP contribution is 2.14. The molecule has 5 heteroatoms. The summed E-state index contributed by atoms with van der Waals surface area (Å²) in [6, 6.07) is 0. The number of hydrogen-bond acceptors (Lipinski definition) is 5. The Balaban J connectivity index is 3.50. The summed E-state index contributed by atoms with van der Waals surface area (Å²) in [6.45, 7) is 4.11. The minimum absolute atomic E-state index is 0.0618. The molecule has 0 saturated heterocycles. The monoisotopic (exact) mass is 595 g/mol. The highest BCUT2D eigenvalue weighted by molar-refractivity contribution is 5.70. The minimum Gasteiger partial charge on any atom is -0.462 e. The Kier molecular flexibility index (Phi) is 33.0. The summed E-state index contributed by atoms with van der Waals surface area (Å²) in [4.78, 5) is 24.1. The molecule has 1 N–H and O–H groups in total. The molecule has 42 heavy (non-hydrogen) atoms. The first-order valence-corrected chi connectivity index (χ1v) is 18.2. The molecule has 0 heterocycles. The van der Waals surface area contributed by atoms with Crippen LogP contribution in [0.3, 0.4) is 0 Å². The van der Waals surface area contributed by atoms with Gasteiger partial charge < -0.3 is 14.6 Å².